The van der Waals surface area contributed by atoms with E-state index in [9.17, 15) is 4.79 Å². The Morgan fingerprint density at radius 2 is 1.63 bits per heavy atom. The lowest BCUT2D eigenvalue weighted by Gasteiger charge is -2.10. The van der Waals surface area contributed by atoms with Crippen molar-refractivity contribution in [1.29, 1.82) is 0 Å². The van der Waals surface area contributed by atoms with Gasteiger partial charge in [-0.1, -0.05) is 6.07 Å². The summed E-state index contributed by atoms with van der Waals surface area (Å²) in [5, 5.41) is 6.13. The lowest BCUT2D eigenvalue weighted by Crippen LogP contribution is -2.13. The monoisotopic (exact) mass is 361 g/mol. The number of aromatic nitrogens is 1. The van der Waals surface area contributed by atoms with Crippen LogP contribution in [0.25, 0.3) is 0 Å². The van der Waals surface area contributed by atoms with E-state index < -0.39 is 0 Å². The number of benzene rings is 2. The summed E-state index contributed by atoms with van der Waals surface area (Å²) in [4.78, 5) is 16.6. The maximum absolute atomic E-state index is 12.4. The first-order valence-corrected chi connectivity index (χ1v) is 8.89. The van der Waals surface area contributed by atoms with Gasteiger partial charge in [-0.3, -0.25) is 4.79 Å². The third kappa shape index (κ3) is 4.85. The summed E-state index contributed by atoms with van der Waals surface area (Å²) in [5.41, 5.74) is 5.35. The first-order valence-electron chi connectivity index (χ1n) is 8.89. The first kappa shape index (κ1) is 18.5. The highest BCUT2D eigenvalue weighted by molar-refractivity contribution is 6.03. The molecule has 5 heteroatoms. The Kier molecular flexibility index (Phi) is 5.71. The number of aryl methyl sites for hydroxylation is 2. The average molecular weight is 361 g/mol. The number of rotatable bonds is 6. The van der Waals surface area contributed by atoms with E-state index in [1.54, 1.807) is 24.4 Å². The largest absolute Gasteiger partial charge is 0.494 e. The Balaban J connectivity index is 1.63. The van der Waals surface area contributed by atoms with Crippen molar-refractivity contribution in [3.8, 4) is 5.75 Å². The molecule has 0 radical (unpaired) electrons. The van der Waals surface area contributed by atoms with Crippen LogP contribution in [0.4, 0.5) is 17.1 Å². The van der Waals surface area contributed by atoms with Crippen molar-refractivity contribution in [3.63, 3.8) is 0 Å². The van der Waals surface area contributed by atoms with Gasteiger partial charge >= 0.3 is 0 Å². The molecule has 0 saturated heterocycles. The van der Waals surface area contributed by atoms with Gasteiger partial charge in [-0.25, -0.2) is 4.98 Å². The van der Waals surface area contributed by atoms with E-state index in [-0.39, 0.29) is 5.91 Å². The summed E-state index contributed by atoms with van der Waals surface area (Å²) in [6.07, 6.45) is 1.66. The third-order valence-corrected chi connectivity index (χ3v) is 4.21. The number of amides is 1. The lowest BCUT2D eigenvalue weighted by molar-refractivity contribution is 0.102. The maximum Gasteiger partial charge on any atom is 0.274 e. The fourth-order valence-electron chi connectivity index (χ4n) is 2.58. The molecule has 27 heavy (non-hydrogen) atoms. The standard InChI is InChI=1S/C22H23N3O2/c1-4-27-20-10-7-17(8-11-20)25-22(26)21-12-9-19(14-23-21)24-18-6-5-15(2)16(3)13-18/h5-14,24H,4H2,1-3H3,(H,25,26). The molecule has 1 amide bonds. The summed E-state index contributed by atoms with van der Waals surface area (Å²) in [7, 11) is 0. The fraction of sp³-hybridized carbons (Fsp3) is 0.182. The molecule has 3 aromatic rings. The fourth-order valence-corrected chi connectivity index (χ4v) is 2.58. The normalized spacial score (nSPS) is 10.3. The third-order valence-electron chi connectivity index (χ3n) is 4.21. The summed E-state index contributed by atoms with van der Waals surface area (Å²) < 4.78 is 5.39. The van der Waals surface area contributed by atoms with Crippen LogP contribution in [-0.2, 0) is 0 Å². The smallest absolute Gasteiger partial charge is 0.274 e. The van der Waals surface area contributed by atoms with Crippen LogP contribution in [0, 0.1) is 13.8 Å². The van der Waals surface area contributed by atoms with Crippen LogP contribution in [0.3, 0.4) is 0 Å². The molecular formula is C22H23N3O2. The average Bonchev–Trinajstić information content (AvgIpc) is 2.67. The highest BCUT2D eigenvalue weighted by Crippen LogP contribution is 2.20. The number of carbonyl (C=O) groups excluding carboxylic acids is 1. The van der Waals surface area contributed by atoms with Crippen molar-refractivity contribution < 1.29 is 9.53 Å². The molecule has 0 bridgehead atoms. The van der Waals surface area contributed by atoms with Crippen LogP contribution in [0.2, 0.25) is 0 Å². The van der Waals surface area contributed by atoms with Gasteiger partial charge in [0.1, 0.15) is 11.4 Å². The quantitative estimate of drug-likeness (QED) is 0.642. The van der Waals surface area contributed by atoms with Crippen LogP contribution in [0.5, 0.6) is 5.75 Å². The minimum atomic E-state index is -0.253. The van der Waals surface area contributed by atoms with Gasteiger partial charge in [-0.2, -0.15) is 0 Å². The van der Waals surface area contributed by atoms with Crippen LogP contribution in [0.1, 0.15) is 28.5 Å². The molecule has 0 atom stereocenters. The highest BCUT2D eigenvalue weighted by atomic mass is 16.5. The number of nitrogens with zero attached hydrogens (tertiary/aromatic N) is 1. The van der Waals surface area contributed by atoms with Crippen molar-refractivity contribution in [1.82, 2.24) is 4.98 Å². The second-order valence-corrected chi connectivity index (χ2v) is 6.27. The Morgan fingerprint density at radius 1 is 0.926 bits per heavy atom. The Hall–Kier alpha value is -3.34. The topological polar surface area (TPSA) is 63.2 Å². The van der Waals surface area contributed by atoms with Gasteiger partial charge in [-0.05, 0) is 80.4 Å². The zero-order valence-corrected chi connectivity index (χ0v) is 15.7. The van der Waals surface area contributed by atoms with Gasteiger partial charge in [-0.15, -0.1) is 0 Å². The number of nitrogens with one attached hydrogen (secondary N) is 2. The lowest BCUT2D eigenvalue weighted by atomic mass is 10.1. The minimum absolute atomic E-state index is 0.253. The SMILES string of the molecule is CCOc1ccc(NC(=O)c2ccc(Nc3ccc(C)c(C)c3)cn2)cc1. The molecule has 0 saturated carbocycles. The van der Waals surface area contributed by atoms with E-state index in [0.717, 1.165) is 17.1 Å². The number of hydrogen-bond acceptors (Lipinski definition) is 4. The zero-order chi connectivity index (χ0) is 19.2. The summed E-state index contributed by atoms with van der Waals surface area (Å²) in [6, 6.07) is 17.0. The van der Waals surface area contributed by atoms with Crippen LogP contribution >= 0.6 is 0 Å². The predicted molar refractivity (Wildman–Crippen MR) is 109 cm³/mol. The number of hydrogen-bond donors (Lipinski definition) is 2. The van der Waals surface area contributed by atoms with Crippen LogP contribution < -0.4 is 15.4 Å². The molecule has 138 valence electrons. The van der Waals surface area contributed by atoms with Crippen LogP contribution in [-0.4, -0.2) is 17.5 Å². The van der Waals surface area contributed by atoms with E-state index in [1.807, 2.05) is 31.2 Å². The molecule has 2 aromatic carbocycles. The van der Waals surface area contributed by atoms with Crippen molar-refractivity contribution in [2.45, 2.75) is 20.8 Å². The van der Waals surface area contributed by atoms with Crippen molar-refractivity contribution >= 4 is 23.0 Å². The summed E-state index contributed by atoms with van der Waals surface area (Å²) in [6.45, 7) is 6.70. The van der Waals surface area contributed by atoms with E-state index in [0.29, 0.717) is 18.0 Å². The minimum Gasteiger partial charge on any atom is -0.494 e. The molecule has 0 aliphatic rings. The van der Waals surface area contributed by atoms with E-state index >= 15 is 0 Å². The Labute approximate surface area is 159 Å². The predicted octanol–water partition coefficient (Wildman–Crippen LogP) is 5.09. The molecule has 0 aliphatic carbocycles. The van der Waals surface area contributed by atoms with E-state index in [2.05, 4.69) is 41.6 Å². The Bertz CT molecular complexity index is 919. The van der Waals surface area contributed by atoms with Crippen molar-refractivity contribution in [3.05, 3.63) is 77.6 Å². The van der Waals surface area contributed by atoms with Gasteiger partial charge in [0.05, 0.1) is 18.5 Å². The molecule has 5 nitrogen and oxygen atoms in total. The van der Waals surface area contributed by atoms with Crippen molar-refractivity contribution in [2.24, 2.45) is 0 Å². The number of ether oxygens (including phenoxy) is 1. The molecule has 0 spiro atoms. The summed E-state index contributed by atoms with van der Waals surface area (Å²) >= 11 is 0. The number of anilines is 3. The maximum atomic E-state index is 12.4. The molecular weight excluding hydrogens is 338 g/mol. The second kappa shape index (κ2) is 8.36. The number of carbonyl (C=O) groups is 1. The van der Waals surface area contributed by atoms with Gasteiger partial charge in [0.2, 0.25) is 0 Å². The number of pyridine rings is 1. The molecule has 1 heterocycles. The molecule has 0 unspecified atom stereocenters. The Morgan fingerprint density at radius 3 is 2.26 bits per heavy atom. The molecule has 1 aromatic heterocycles. The van der Waals surface area contributed by atoms with Gasteiger partial charge < -0.3 is 15.4 Å². The zero-order valence-electron chi connectivity index (χ0n) is 15.7. The van der Waals surface area contributed by atoms with E-state index in [4.69, 9.17) is 4.74 Å². The molecule has 2 N–H and O–H groups in total. The molecule has 3 rings (SSSR count). The molecule has 0 aliphatic heterocycles. The van der Waals surface area contributed by atoms with Gasteiger partial charge in [0, 0.05) is 11.4 Å². The van der Waals surface area contributed by atoms with E-state index in [1.165, 1.54) is 11.1 Å². The first-order chi connectivity index (χ1) is 13.0. The highest BCUT2D eigenvalue weighted by Gasteiger charge is 2.08. The summed E-state index contributed by atoms with van der Waals surface area (Å²) in [5.74, 6) is 0.521. The van der Waals surface area contributed by atoms with Crippen molar-refractivity contribution in [2.75, 3.05) is 17.2 Å². The molecule has 0 fully saturated rings. The van der Waals surface area contributed by atoms with Crippen LogP contribution in [0.15, 0.2) is 60.8 Å². The second-order valence-electron chi connectivity index (χ2n) is 6.27. The van der Waals surface area contributed by atoms with Gasteiger partial charge in [0.15, 0.2) is 0 Å². The van der Waals surface area contributed by atoms with Gasteiger partial charge in [0.25, 0.3) is 5.91 Å².